The van der Waals surface area contributed by atoms with E-state index in [1.54, 1.807) is 12.1 Å². The van der Waals surface area contributed by atoms with Crippen LogP contribution in [0.5, 0.6) is 11.5 Å². The topological polar surface area (TPSA) is 68.4 Å². The fourth-order valence-corrected chi connectivity index (χ4v) is 1.80. The van der Waals surface area contributed by atoms with E-state index in [-0.39, 0.29) is 29.6 Å². The van der Waals surface area contributed by atoms with Crippen molar-refractivity contribution in [2.45, 2.75) is 6.61 Å². The minimum atomic E-state index is -0.630. The normalized spacial score (nSPS) is 10.5. The molecule has 0 aliphatic heterocycles. The van der Waals surface area contributed by atoms with Crippen molar-refractivity contribution in [2.24, 2.45) is 0 Å². The van der Waals surface area contributed by atoms with Crippen molar-refractivity contribution in [3.8, 4) is 23.0 Å². The van der Waals surface area contributed by atoms with E-state index in [4.69, 9.17) is 9.26 Å². The standard InChI is InChI=1S/C15H11FN2O3/c16-11-7-4-8-12(19)14(11)15-17-13(18-21-15)9-20-10-5-2-1-3-6-10/h1-8,19H,9H2. The summed E-state index contributed by atoms with van der Waals surface area (Å²) in [7, 11) is 0. The summed E-state index contributed by atoms with van der Waals surface area (Å²) >= 11 is 0. The Morgan fingerprint density at radius 3 is 2.67 bits per heavy atom. The molecule has 0 radical (unpaired) electrons. The first-order valence-electron chi connectivity index (χ1n) is 6.22. The number of aromatic hydroxyl groups is 1. The Labute approximate surface area is 119 Å². The van der Waals surface area contributed by atoms with Crippen LogP contribution in [0.2, 0.25) is 0 Å². The van der Waals surface area contributed by atoms with Crippen LogP contribution in [-0.4, -0.2) is 15.2 Å². The third-order valence-corrected chi connectivity index (χ3v) is 2.78. The maximum Gasteiger partial charge on any atom is 0.264 e. The third kappa shape index (κ3) is 2.84. The van der Waals surface area contributed by atoms with Gasteiger partial charge in [-0.1, -0.05) is 29.4 Å². The first kappa shape index (κ1) is 13.1. The zero-order valence-electron chi connectivity index (χ0n) is 10.9. The van der Waals surface area contributed by atoms with Gasteiger partial charge in [-0.2, -0.15) is 4.98 Å². The average molecular weight is 286 g/mol. The maximum atomic E-state index is 13.7. The second kappa shape index (κ2) is 5.62. The Balaban J connectivity index is 1.78. The van der Waals surface area contributed by atoms with Crippen molar-refractivity contribution in [2.75, 3.05) is 0 Å². The zero-order valence-corrected chi connectivity index (χ0v) is 10.9. The van der Waals surface area contributed by atoms with Crippen LogP contribution in [0.4, 0.5) is 4.39 Å². The molecule has 0 aliphatic rings. The summed E-state index contributed by atoms with van der Waals surface area (Å²) in [6.45, 7) is 0.0860. The second-order valence-electron chi connectivity index (χ2n) is 4.25. The number of rotatable bonds is 4. The van der Waals surface area contributed by atoms with Crippen LogP contribution in [0.15, 0.2) is 53.1 Å². The lowest BCUT2D eigenvalue weighted by molar-refractivity contribution is 0.287. The molecule has 1 N–H and O–H groups in total. The molecule has 1 aromatic heterocycles. The highest BCUT2D eigenvalue weighted by molar-refractivity contribution is 5.62. The maximum absolute atomic E-state index is 13.7. The zero-order chi connectivity index (χ0) is 14.7. The molecule has 0 atom stereocenters. The number of benzene rings is 2. The SMILES string of the molecule is Oc1cccc(F)c1-c1nc(COc2ccccc2)no1. The number of ether oxygens (including phenoxy) is 1. The van der Waals surface area contributed by atoms with Crippen molar-refractivity contribution >= 4 is 0 Å². The summed E-state index contributed by atoms with van der Waals surface area (Å²) in [6, 6.07) is 13.1. The lowest BCUT2D eigenvalue weighted by atomic mass is 10.2. The molecule has 3 aromatic rings. The minimum Gasteiger partial charge on any atom is -0.507 e. The molecule has 2 aromatic carbocycles. The van der Waals surface area contributed by atoms with Crippen molar-refractivity contribution in [1.29, 1.82) is 0 Å². The molecule has 5 nitrogen and oxygen atoms in total. The average Bonchev–Trinajstić information content (AvgIpc) is 2.95. The molecule has 0 bridgehead atoms. The molecule has 0 saturated heterocycles. The number of aromatic nitrogens is 2. The van der Waals surface area contributed by atoms with Gasteiger partial charge in [-0.15, -0.1) is 0 Å². The van der Waals surface area contributed by atoms with E-state index < -0.39 is 5.82 Å². The van der Waals surface area contributed by atoms with Crippen LogP contribution in [0.3, 0.4) is 0 Å². The minimum absolute atomic E-state index is 0.0859. The molecule has 6 heteroatoms. The lowest BCUT2D eigenvalue weighted by Crippen LogP contribution is -1.97. The molecule has 1 heterocycles. The van der Waals surface area contributed by atoms with E-state index in [9.17, 15) is 9.50 Å². The van der Waals surface area contributed by atoms with Crippen molar-refractivity contribution in [3.63, 3.8) is 0 Å². The highest BCUT2D eigenvalue weighted by Gasteiger charge is 2.17. The van der Waals surface area contributed by atoms with Crippen LogP contribution < -0.4 is 4.74 Å². The Hall–Kier alpha value is -2.89. The molecule has 0 fully saturated rings. The van der Waals surface area contributed by atoms with Crippen LogP contribution in [0.25, 0.3) is 11.5 Å². The lowest BCUT2D eigenvalue weighted by Gasteiger charge is -2.01. The number of nitrogens with zero attached hydrogens (tertiary/aromatic N) is 2. The summed E-state index contributed by atoms with van der Waals surface area (Å²) in [5.74, 6) is -0.0466. The molecule has 0 amide bonds. The Morgan fingerprint density at radius 2 is 1.90 bits per heavy atom. The molecule has 106 valence electrons. The van der Waals surface area contributed by atoms with Crippen LogP contribution in [-0.2, 0) is 6.61 Å². The summed E-state index contributed by atoms with van der Waals surface area (Å²) in [5, 5.41) is 13.4. The molecule has 0 aliphatic carbocycles. The van der Waals surface area contributed by atoms with E-state index in [2.05, 4.69) is 10.1 Å². The number of hydrogen-bond donors (Lipinski definition) is 1. The number of halogens is 1. The van der Waals surface area contributed by atoms with E-state index in [1.165, 1.54) is 18.2 Å². The molecule has 0 spiro atoms. The first-order valence-corrected chi connectivity index (χ1v) is 6.22. The Kier molecular flexibility index (Phi) is 3.51. The molecule has 0 saturated carbocycles. The van der Waals surface area contributed by atoms with Gasteiger partial charge in [0.15, 0.2) is 6.61 Å². The summed E-state index contributed by atoms with van der Waals surface area (Å²) in [4.78, 5) is 4.01. The second-order valence-corrected chi connectivity index (χ2v) is 4.25. The van der Waals surface area contributed by atoms with Crippen LogP contribution >= 0.6 is 0 Å². The van der Waals surface area contributed by atoms with Gasteiger partial charge in [-0.05, 0) is 24.3 Å². The Bertz CT molecular complexity index is 723. The van der Waals surface area contributed by atoms with Gasteiger partial charge in [-0.3, -0.25) is 0 Å². The van der Waals surface area contributed by atoms with E-state index in [0.29, 0.717) is 5.75 Å². The fourth-order valence-electron chi connectivity index (χ4n) is 1.80. The molecular weight excluding hydrogens is 275 g/mol. The van der Waals surface area contributed by atoms with Crippen molar-refractivity contribution in [3.05, 3.63) is 60.2 Å². The van der Waals surface area contributed by atoms with Gasteiger partial charge < -0.3 is 14.4 Å². The number of para-hydroxylation sites is 1. The van der Waals surface area contributed by atoms with E-state index in [1.807, 2.05) is 18.2 Å². The van der Waals surface area contributed by atoms with E-state index >= 15 is 0 Å². The highest BCUT2D eigenvalue weighted by Crippen LogP contribution is 2.30. The van der Waals surface area contributed by atoms with Gasteiger partial charge in [0.05, 0.1) is 0 Å². The number of hydrogen-bond acceptors (Lipinski definition) is 5. The van der Waals surface area contributed by atoms with Gasteiger partial charge in [-0.25, -0.2) is 4.39 Å². The van der Waals surface area contributed by atoms with Crippen LogP contribution in [0.1, 0.15) is 5.82 Å². The van der Waals surface area contributed by atoms with E-state index in [0.717, 1.165) is 0 Å². The highest BCUT2D eigenvalue weighted by atomic mass is 19.1. The van der Waals surface area contributed by atoms with Gasteiger partial charge >= 0.3 is 0 Å². The third-order valence-electron chi connectivity index (χ3n) is 2.78. The fraction of sp³-hybridized carbons (Fsp3) is 0.0667. The van der Waals surface area contributed by atoms with Gasteiger partial charge in [0.2, 0.25) is 5.82 Å². The van der Waals surface area contributed by atoms with Gasteiger partial charge in [0.25, 0.3) is 5.89 Å². The summed E-state index contributed by atoms with van der Waals surface area (Å²) in [6.07, 6.45) is 0. The Morgan fingerprint density at radius 1 is 1.10 bits per heavy atom. The summed E-state index contributed by atoms with van der Waals surface area (Å²) in [5.41, 5.74) is -0.115. The molecule has 0 unspecified atom stereocenters. The van der Waals surface area contributed by atoms with Crippen LogP contribution in [0, 0.1) is 5.82 Å². The first-order chi connectivity index (χ1) is 10.2. The van der Waals surface area contributed by atoms with Gasteiger partial charge in [0.1, 0.15) is 22.9 Å². The predicted molar refractivity (Wildman–Crippen MR) is 72.1 cm³/mol. The molecule has 21 heavy (non-hydrogen) atoms. The smallest absolute Gasteiger partial charge is 0.264 e. The monoisotopic (exact) mass is 286 g/mol. The molecule has 3 rings (SSSR count). The van der Waals surface area contributed by atoms with Crippen molar-refractivity contribution in [1.82, 2.24) is 10.1 Å². The van der Waals surface area contributed by atoms with Crippen molar-refractivity contribution < 1.29 is 18.8 Å². The largest absolute Gasteiger partial charge is 0.507 e. The number of phenolic OH excluding ortho intramolecular Hbond substituents is 1. The number of phenols is 1. The predicted octanol–water partition coefficient (Wildman–Crippen LogP) is 3.16. The summed E-state index contributed by atoms with van der Waals surface area (Å²) < 4.78 is 24.1. The van der Waals surface area contributed by atoms with Gasteiger partial charge in [0, 0.05) is 0 Å². The molecular formula is C15H11FN2O3. The quantitative estimate of drug-likeness (QED) is 0.797.